The first-order chi connectivity index (χ1) is 12.0. The number of morpholine rings is 1. The Morgan fingerprint density at radius 1 is 1.24 bits per heavy atom. The first kappa shape index (κ1) is 17.6. The van der Waals surface area contributed by atoms with Crippen LogP contribution in [-0.2, 0) is 16.1 Å². The predicted octanol–water partition coefficient (Wildman–Crippen LogP) is 1.77. The van der Waals surface area contributed by atoms with Crippen molar-refractivity contribution in [2.75, 3.05) is 26.3 Å². The number of ether oxygens (including phenoxy) is 1. The molecule has 2 heterocycles. The zero-order valence-electron chi connectivity index (χ0n) is 14.4. The quantitative estimate of drug-likeness (QED) is 0.839. The van der Waals surface area contributed by atoms with Crippen LogP contribution in [0.3, 0.4) is 0 Å². The number of hydrogen-bond acceptors (Lipinski definition) is 4. The van der Waals surface area contributed by atoms with Crippen LogP contribution in [0.15, 0.2) is 35.5 Å². The number of thiazole rings is 1. The SMILES string of the molecule is Cc1cccc(C(=O)N=c2sc(C)cn2CC(=O)N2CCOCC2)c1. The second kappa shape index (κ2) is 7.76. The number of aromatic nitrogens is 1. The van der Waals surface area contributed by atoms with Gasteiger partial charge in [-0.25, -0.2) is 0 Å². The zero-order valence-corrected chi connectivity index (χ0v) is 15.2. The molecule has 0 unspecified atom stereocenters. The fraction of sp³-hybridized carbons (Fsp3) is 0.389. The molecule has 1 aliphatic rings. The minimum Gasteiger partial charge on any atom is -0.378 e. The molecule has 2 aromatic rings. The van der Waals surface area contributed by atoms with Crippen molar-refractivity contribution in [2.24, 2.45) is 4.99 Å². The lowest BCUT2D eigenvalue weighted by Gasteiger charge is -2.26. The van der Waals surface area contributed by atoms with Crippen LogP contribution in [0.4, 0.5) is 0 Å². The zero-order chi connectivity index (χ0) is 17.8. The van der Waals surface area contributed by atoms with E-state index in [4.69, 9.17) is 4.74 Å². The van der Waals surface area contributed by atoms with Crippen molar-refractivity contribution in [2.45, 2.75) is 20.4 Å². The fourth-order valence-corrected chi connectivity index (χ4v) is 3.52. The number of aryl methyl sites for hydroxylation is 2. The number of carbonyl (C=O) groups excluding carboxylic acids is 2. The van der Waals surface area contributed by atoms with Crippen LogP contribution in [0.2, 0.25) is 0 Å². The van der Waals surface area contributed by atoms with E-state index < -0.39 is 0 Å². The summed E-state index contributed by atoms with van der Waals surface area (Å²) in [5.41, 5.74) is 1.57. The van der Waals surface area contributed by atoms with Gasteiger partial charge in [0.25, 0.3) is 5.91 Å². The highest BCUT2D eigenvalue weighted by molar-refractivity contribution is 7.09. The lowest BCUT2D eigenvalue weighted by atomic mass is 10.1. The van der Waals surface area contributed by atoms with Gasteiger partial charge in [-0.15, -0.1) is 11.3 Å². The molecule has 0 atom stereocenters. The van der Waals surface area contributed by atoms with E-state index >= 15 is 0 Å². The van der Waals surface area contributed by atoms with Crippen molar-refractivity contribution < 1.29 is 14.3 Å². The molecular weight excluding hydrogens is 338 g/mol. The van der Waals surface area contributed by atoms with E-state index in [2.05, 4.69) is 4.99 Å². The molecule has 0 saturated carbocycles. The van der Waals surface area contributed by atoms with Gasteiger partial charge >= 0.3 is 0 Å². The van der Waals surface area contributed by atoms with Gasteiger partial charge < -0.3 is 14.2 Å². The molecule has 0 aliphatic carbocycles. The molecule has 1 saturated heterocycles. The molecule has 2 amide bonds. The summed E-state index contributed by atoms with van der Waals surface area (Å²) in [6.45, 7) is 6.42. The second-order valence-corrected chi connectivity index (χ2v) is 7.25. The van der Waals surface area contributed by atoms with Gasteiger partial charge in [0.1, 0.15) is 6.54 Å². The number of hydrogen-bond donors (Lipinski definition) is 0. The Bertz CT molecular complexity index is 847. The van der Waals surface area contributed by atoms with Crippen molar-refractivity contribution in [1.82, 2.24) is 9.47 Å². The maximum atomic E-state index is 12.5. The van der Waals surface area contributed by atoms with E-state index in [0.29, 0.717) is 36.7 Å². The molecule has 1 aliphatic heterocycles. The van der Waals surface area contributed by atoms with Crippen molar-refractivity contribution >= 4 is 23.2 Å². The molecule has 0 radical (unpaired) electrons. The normalized spacial score (nSPS) is 15.4. The van der Waals surface area contributed by atoms with Crippen LogP contribution in [0.25, 0.3) is 0 Å². The van der Waals surface area contributed by atoms with Gasteiger partial charge in [0.15, 0.2) is 4.80 Å². The number of carbonyl (C=O) groups is 2. The van der Waals surface area contributed by atoms with Gasteiger partial charge in [0, 0.05) is 29.7 Å². The Kier molecular flexibility index (Phi) is 5.45. The monoisotopic (exact) mass is 359 g/mol. The molecule has 132 valence electrons. The molecular formula is C18H21N3O3S. The second-order valence-electron chi connectivity index (χ2n) is 6.03. The Balaban J connectivity index is 1.82. The molecule has 25 heavy (non-hydrogen) atoms. The predicted molar refractivity (Wildman–Crippen MR) is 95.5 cm³/mol. The number of rotatable bonds is 3. The Morgan fingerprint density at radius 2 is 2.00 bits per heavy atom. The molecule has 7 heteroatoms. The van der Waals surface area contributed by atoms with E-state index in [1.807, 2.05) is 38.2 Å². The highest BCUT2D eigenvalue weighted by Crippen LogP contribution is 2.07. The van der Waals surface area contributed by atoms with Crippen molar-refractivity contribution in [3.05, 3.63) is 51.3 Å². The Labute approximate surface area is 150 Å². The first-order valence-electron chi connectivity index (χ1n) is 8.21. The van der Waals surface area contributed by atoms with E-state index in [0.717, 1.165) is 10.4 Å². The molecule has 1 aromatic heterocycles. The third-order valence-corrected chi connectivity index (χ3v) is 4.90. The molecule has 0 spiro atoms. The van der Waals surface area contributed by atoms with Crippen molar-refractivity contribution in [3.8, 4) is 0 Å². The first-order valence-corrected chi connectivity index (χ1v) is 9.03. The van der Waals surface area contributed by atoms with Gasteiger partial charge in [-0.2, -0.15) is 4.99 Å². The van der Waals surface area contributed by atoms with Crippen LogP contribution < -0.4 is 4.80 Å². The Hall–Kier alpha value is -2.25. The highest BCUT2D eigenvalue weighted by atomic mass is 32.1. The topological polar surface area (TPSA) is 63.9 Å². The van der Waals surface area contributed by atoms with Crippen LogP contribution in [0.1, 0.15) is 20.8 Å². The van der Waals surface area contributed by atoms with Crippen molar-refractivity contribution in [3.63, 3.8) is 0 Å². The smallest absolute Gasteiger partial charge is 0.279 e. The minimum absolute atomic E-state index is 0.0190. The summed E-state index contributed by atoms with van der Waals surface area (Å²) >= 11 is 1.41. The van der Waals surface area contributed by atoms with Crippen LogP contribution in [0, 0.1) is 13.8 Å². The van der Waals surface area contributed by atoms with Gasteiger partial charge in [0.2, 0.25) is 5.91 Å². The fourth-order valence-electron chi connectivity index (χ4n) is 2.69. The van der Waals surface area contributed by atoms with E-state index in [1.54, 1.807) is 15.5 Å². The van der Waals surface area contributed by atoms with E-state index in [1.165, 1.54) is 11.3 Å². The summed E-state index contributed by atoms with van der Waals surface area (Å²) in [6.07, 6.45) is 1.87. The number of amides is 2. The van der Waals surface area contributed by atoms with Gasteiger partial charge in [-0.05, 0) is 26.0 Å². The average Bonchev–Trinajstić information content (AvgIpc) is 2.94. The van der Waals surface area contributed by atoms with Gasteiger partial charge in [0.05, 0.1) is 13.2 Å². The summed E-state index contributed by atoms with van der Waals surface area (Å²) in [7, 11) is 0. The summed E-state index contributed by atoms with van der Waals surface area (Å²) in [5, 5.41) is 0. The van der Waals surface area contributed by atoms with Gasteiger partial charge in [-0.3, -0.25) is 9.59 Å². The third-order valence-electron chi connectivity index (χ3n) is 3.97. The molecule has 6 nitrogen and oxygen atoms in total. The number of benzene rings is 1. The summed E-state index contributed by atoms with van der Waals surface area (Å²) in [4.78, 5) is 32.5. The number of nitrogens with zero attached hydrogens (tertiary/aromatic N) is 3. The summed E-state index contributed by atoms with van der Waals surface area (Å²) in [6, 6.07) is 7.35. The van der Waals surface area contributed by atoms with Crippen LogP contribution >= 0.6 is 11.3 Å². The third kappa shape index (κ3) is 4.43. The lowest BCUT2D eigenvalue weighted by molar-refractivity contribution is -0.135. The standard InChI is InChI=1S/C18H21N3O3S/c1-13-4-3-5-15(10-13)17(23)19-18-21(11-14(2)25-18)12-16(22)20-6-8-24-9-7-20/h3-5,10-11H,6-9,12H2,1-2H3. The maximum Gasteiger partial charge on any atom is 0.279 e. The van der Waals surface area contributed by atoms with Crippen molar-refractivity contribution in [1.29, 1.82) is 0 Å². The van der Waals surface area contributed by atoms with Crippen LogP contribution in [-0.4, -0.2) is 47.6 Å². The average molecular weight is 359 g/mol. The van der Waals surface area contributed by atoms with E-state index in [-0.39, 0.29) is 18.4 Å². The lowest BCUT2D eigenvalue weighted by Crippen LogP contribution is -2.43. The maximum absolute atomic E-state index is 12.5. The van der Waals surface area contributed by atoms with Gasteiger partial charge in [-0.1, -0.05) is 17.7 Å². The minimum atomic E-state index is -0.293. The Morgan fingerprint density at radius 3 is 2.72 bits per heavy atom. The molecule has 0 bridgehead atoms. The summed E-state index contributed by atoms with van der Waals surface area (Å²) in [5.74, 6) is -0.274. The van der Waals surface area contributed by atoms with E-state index in [9.17, 15) is 9.59 Å². The van der Waals surface area contributed by atoms with Crippen LogP contribution in [0.5, 0.6) is 0 Å². The molecule has 3 rings (SSSR count). The molecule has 0 N–H and O–H groups in total. The highest BCUT2D eigenvalue weighted by Gasteiger charge is 2.18. The largest absolute Gasteiger partial charge is 0.378 e. The molecule has 1 aromatic carbocycles. The summed E-state index contributed by atoms with van der Waals surface area (Å²) < 4.78 is 7.03. The molecule has 1 fully saturated rings.